The Morgan fingerprint density at radius 1 is 1.17 bits per heavy atom. The zero-order chi connectivity index (χ0) is 21.3. The molecule has 0 aliphatic carbocycles. The van der Waals surface area contributed by atoms with E-state index in [1.807, 2.05) is 12.1 Å². The van der Waals surface area contributed by atoms with Crippen molar-refractivity contribution in [1.29, 1.82) is 0 Å². The number of piperidine rings is 1. The molecule has 2 aliphatic rings. The molecule has 1 atom stereocenters. The first-order valence-corrected chi connectivity index (χ1v) is 10.0. The number of nitrogens with one attached hydrogen (secondary N) is 1. The van der Waals surface area contributed by atoms with Crippen LogP contribution in [0.25, 0.3) is 0 Å². The second-order valence-corrected chi connectivity index (χ2v) is 7.39. The van der Waals surface area contributed by atoms with Crippen molar-refractivity contribution in [2.45, 2.75) is 32.0 Å². The lowest BCUT2D eigenvalue weighted by molar-refractivity contribution is 0.0496. The van der Waals surface area contributed by atoms with Gasteiger partial charge in [0.05, 0.1) is 12.3 Å². The molecule has 0 saturated carbocycles. The first kappa shape index (κ1) is 20.1. The topological polar surface area (TPSA) is 61.9 Å². The van der Waals surface area contributed by atoms with Gasteiger partial charge in [-0.15, -0.1) is 0 Å². The lowest BCUT2D eigenvalue weighted by Gasteiger charge is -2.39. The predicted octanol–water partition coefficient (Wildman–Crippen LogP) is 4.15. The number of likely N-dealkylation sites (tertiary alicyclic amines) is 1. The fourth-order valence-electron chi connectivity index (χ4n) is 4.16. The minimum atomic E-state index is -0.621. The van der Waals surface area contributed by atoms with Crippen molar-refractivity contribution in [3.05, 3.63) is 65.2 Å². The molecule has 0 radical (unpaired) electrons. The SMILES string of the molecule is CCOC(=O)N1CCC(N2C(=O)c3ccccc3C2Nc2cc(F)ccc2F)CC1. The minimum absolute atomic E-state index is 0.00142. The number of hydrogen-bond acceptors (Lipinski definition) is 4. The van der Waals surface area contributed by atoms with Crippen LogP contribution in [0.1, 0.15) is 41.9 Å². The first-order chi connectivity index (χ1) is 14.5. The summed E-state index contributed by atoms with van der Waals surface area (Å²) in [5.41, 5.74) is 1.26. The molecule has 8 heteroatoms. The predicted molar refractivity (Wildman–Crippen MR) is 107 cm³/mol. The van der Waals surface area contributed by atoms with Crippen molar-refractivity contribution in [3.63, 3.8) is 0 Å². The van der Waals surface area contributed by atoms with Gasteiger partial charge in [0, 0.05) is 36.3 Å². The van der Waals surface area contributed by atoms with E-state index in [1.54, 1.807) is 28.9 Å². The van der Waals surface area contributed by atoms with Gasteiger partial charge in [0.2, 0.25) is 0 Å². The van der Waals surface area contributed by atoms with Gasteiger partial charge in [-0.3, -0.25) is 4.79 Å². The van der Waals surface area contributed by atoms with E-state index in [9.17, 15) is 18.4 Å². The summed E-state index contributed by atoms with van der Waals surface area (Å²) in [6, 6.07) is 10.2. The van der Waals surface area contributed by atoms with Crippen molar-refractivity contribution in [2.75, 3.05) is 25.0 Å². The number of amides is 2. The second-order valence-electron chi connectivity index (χ2n) is 7.39. The lowest BCUT2D eigenvalue weighted by Crippen LogP contribution is -2.49. The van der Waals surface area contributed by atoms with Gasteiger partial charge in [-0.2, -0.15) is 0 Å². The number of rotatable bonds is 4. The minimum Gasteiger partial charge on any atom is -0.450 e. The quantitative estimate of drug-likeness (QED) is 0.815. The van der Waals surface area contributed by atoms with Crippen LogP contribution in [0.15, 0.2) is 42.5 Å². The van der Waals surface area contributed by atoms with Crippen molar-refractivity contribution < 1.29 is 23.1 Å². The summed E-state index contributed by atoms with van der Waals surface area (Å²) in [6.07, 6.45) is 0.165. The molecule has 6 nitrogen and oxygen atoms in total. The molecule has 1 saturated heterocycles. The fraction of sp³-hybridized carbons (Fsp3) is 0.364. The van der Waals surface area contributed by atoms with Crippen LogP contribution >= 0.6 is 0 Å². The zero-order valence-electron chi connectivity index (χ0n) is 16.6. The molecule has 1 fully saturated rings. The Labute approximate surface area is 173 Å². The van der Waals surface area contributed by atoms with Gasteiger partial charge in [0.15, 0.2) is 0 Å². The van der Waals surface area contributed by atoms with Crippen molar-refractivity contribution >= 4 is 17.7 Å². The Balaban J connectivity index is 1.59. The van der Waals surface area contributed by atoms with Gasteiger partial charge in [0.1, 0.15) is 17.8 Å². The molecule has 0 spiro atoms. The molecule has 1 unspecified atom stereocenters. The molecule has 4 rings (SSSR count). The summed E-state index contributed by atoms with van der Waals surface area (Å²) in [7, 11) is 0. The smallest absolute Gasteiger partial charge is 0.409 e. The molecule has 158 valence electrons. The molecular weight excluding hydrogens is 392 g/mol. The van der Waals surface area contributed by atoms with Crippen molar-refractivity contribution in [3.8, 4) is 0 Å². The summed E-state index contributed by atoms with van der Waals surface area (Å²) < 4.78 is 33.0. The fourth-order valence-corrected chi connectivity index (χ4v) is 4.16. The maximum atomic E-state index is 14.3. The average molecular weight is 415 g/mol. The molecule has 2 aromatic carbocycles. The molecule has 2 aliphatic heterocycles. The van der Waals surface area contributed by atoms with Crippen molar-refractivity contribution in [1.82, 2.24) is 9.80 Å². The highest BCUT2D eigenvalue weighted by atomic mass is 19.1. The average Bonchev–Trinajstić information content (AvgIpc) is 3.03. The third-order valence-corrected chi connectivity index (χ3v) is 5.60. The Hall–Kier alpha value is -3.16. The van der Waals surface area contributed by atoms with E-state index < -0.39 is 17.8 Å². The summed E-state index contributed by atoms with van der Waals surface area (Å²) in [5, 5.41) is 3.02. The van der Waals surface area contributed by atoms with Crippen LogP contribution in [-0.2, 0) is 4.74 Å². The van der Waals surface area contributed by atoms with E-state index in [1.165, 1.54) is 0 Å². The van der Waals surface area contributed by atoms with Crippen LogP contribution in [0.3, 0.4) is 0 Å². The Bertz CT molecular complexity index is 960. The van der Waals surface area contributed by atoms with Crippen LogP contribution in [0, 0.1) is 11.6 Å². The molecular formula is C22H23F2N3O3. The number of ether oxygens (including phenoxy) is 1. The highest BCUT2D eigenvalue weighted by molar-refractivity contribution is 5.99. The molecule has 2 heterocycles. The molecule has 30 heavy (non-hydrogen) atoms. The number of fused-ring (bicyclic) bond motifs is 1. The van der Waals surface area contributed by atoms with E-state index in [2.05, 4.69) is 5.32 Å². The number of halogens is 2. The second kappa shape index (κ2) is 8.30. The van der Waals surface area contributed by atoms with Crippen LogP contribution in [0.5, 0.6) is 0 Å². The lowest BCUT2D eigenvalue weighted by atomic mass is 10.0. The van der Waals surface area contributed by atoms with Crippen LogP contribution in [0.4, 0.5) is 19.3 Å². The number of carbonyl (C=O) groups excluding carboxylic acids is 2. The van der Waals surface area contributed by atoms with Gasteiger partial charge in [-0.05, 0) is 38.0 Å². The maximum absolute atomic E-state index is 14.3. The van der Waals surface area contributed by atoms with Gasteiger partial charge >= 0.3 is 6.09 Å². The van der Waals surface area contributed by atoms with E-state index in [0.717, 1.165) is 23.8 Å². The highest BCUT2D eigenvalue weighted by Crippen LogP contribution is 2.38. The molecule has 1 N–H and O–H groups in total. The van der Waals surface area contributed by atoms with E-state index in [4.69, 9.17) is 4.74 Å². The van der Waals surface area contributed by atoms with Crippen LogP contribution < -0.4 is 5.32 Å². The number of nitrogens with zero attached hydrogens (tertiary/aromatic N) is 2. The number of anilines is 1. The van der Waals surface area contributed by atoms with E-state index >= 15 is 0 Å². The Kier molecular flexibility index (Phi) is 5.57. The van der Waals surface area contributed by atoms with Crippen LogP contribution in [-0.4, -0.2) is 47.5 Å². The van der Waals surface area contributed by atoms with Crippen LogP contribution in [0.2, 0.25) is 0 Å². The molecule has 0 aromatic heterocycles. The largest absolute Gasteiger partial charge is 0.450 e. The third kappa shape index (κ3) is 3.69. The number of carbonyl (C=O) groups is 2. The maximum Gasteiger partial charge on any atom is 0.409 e. The number of benzene rings is 2. The standard InChI is InChI=1S/C22H23F2N3O3/c1-2-30-22(29)26-11-9-15(10-12-26)27-20(16-5-3-4-6-17(16)21(27)28)25-19-13-14(23)7-8-18(19)24/h3-8,13,15,20,25H,2,9-12H2,1H3. The van der Waals surface area contributed by atoms with Crippen molar-refractivity contribution in [2.24, 2.45) is 0 Å². The normalized spacial score (nSPS) is 19.0. The Morgan fingerprint density at radius 3 is 2.63 bits per heavy atom. The molecule has 2 aromatic rings. The summed E-state index contributed by atoms with van der Waals surface area (Å²) in [6.45, 7) is 2.99. The summed E-state index contributed by atoms with van der Waals surface area (Å²) in [5.74, 6) is -1.31. The van der Waals surface area contributed by atoms with Gasteiger partial charge in [-0.25, -0.2) is 13.6 Å². The van der Waals surface area contributed by atoms with Gasteiger partial charge in [-0.1, -0.05) is 18.2 Å². The van der Waals surface area contributed by atoms with E-state index in [0.29, 0.717) is 38.1 Å². The third-order valence-electron chi connectivity index (χ3n) is 5.60. The van der Waals surface area contributed by atoms with Gasteiger partial charge < -0.3 is 19.9 Å². The summed E-state index contributed by atoms with van der Waals surface area (Å²) in [4.78, 5) is 28.5. The Morgan fingerprint density at radius 2 is 1.90 bits per heavy atom. The summed E-state index contributed by atoms with van der Waals surface area (Å²) >= 11 is 0. The van der Waals surface area contributed by atoms with E-state index in [-0.39, 0.29) is 23.7 Å². The van der Waals surface area contributed by atoms with Gasteiger partial charge in [0.25, 0.3) is 5.91 Å². The monoisotopic (exact) mass is 415 g/mol. The first-order valence-electron chi connectivity index (χ1n) is 10.0. The zero-order valence-corrected chi connectivity index (χ0v) is 16.6. The molecule has 2 amide bonds. The number of hydrogen-bond donors (Lipinski definition) is 1. The highest BCUT2D eigenvalue weighted by Gasteiger charge is 2.42. The molecule has 0 bridgehead atoms.